The van der Waals surface area contributed by atoms with E-state index in [1.54, 1.807) is 0 Å². The molecule has 0 spiro atoms. The molecule has 0 atom stereocenters. The van der Waals surface area contributed by atoms with Crippen LogP contribution >= 0.6 is 0 Å². The van der Waals surface area contributed by atoms with Crippen LogP contribution in [0, 0.1) is 0 Å². The Morgan fingerprint density at radius 2 is 1.07 bits per heavy atom. The summed E-state index contributed by atoms with van der Waals surface area (Å²) in [6.07, 6.45) is 0. The number of aromatic nitrogens is 1. The summed E-state index contributed by atoms with van der Waals surface area (Å²) in [5.41, 5.74) is 2.42. The summed E-state index contributed by atoms with van der Waals surface area (Å²) in [5.74, 6) is 0. The fourth-order valence-corrected chi connectivity index (χ4v) is 1.80. The predicted octanol–water partition coefficient (Wildman–Crippen LogP) is 3.32. The first-order valence-corrected chi connectivity index (χ1v) is 4.40. The van der Waals surface area contributed by atoms with E-state index in [0.717, 1.165) is 0 Å². The molecule has 0 aliphatic rings. The van der Waals surface area contributed by atoms with Gasteiger partial charge in [-0.3, -0.25) is 0 Å². The van der Waals surface area contributed by atoms with Gasteiger partial charge in [-0.2, -0.15) is 0 Å². The SMILES string of the molecule is [Ag].c1ccc2c(c1)[nH]c1ccccc12. The molecular formula is C12H9AgN. The summed E-state index contributed by atoms with van der Waals surface area (Å²) in [7, 11) is 0. The van der Waals surface area contributed by atoms with Crippen molar-refractivity contribution in [1.29, 1.82) is 0 Å². The first-order chi connectivity index (χ1) is 6.45. The number of benzene rings is 2. The molecule has 1 radical (unpaired) electrons. The Morgan fingerprint density at radius 1 is 0.643 bits per heavy atom. The number of H-pyrrole nitrogens is 1. The van der Waals surface area contributed by atoms with Gasteiger partial charge in [0.25, 0.3) is 0 Å². The summed E-state index contributed by atoms with van der Waals surface area (Å²) in [6.45, 7) is 0. The minimum Gasteiger partial charge on any atom is -0.355 e. The van der Waals surface area contributed by atoms with Gasteiger partial charge < -0.3 is 4.98 Å². The third-order valence-corrected chi connectivity index (χ3v) is 2.41. The van der Waals surface area contributed by atoms with Crippen LogP contribution in [0.3, 0.4) is 0 Å². The largest absolute Gasteiger partial charge is 0.355 e. The van der Waals surface area contributed by atoms with Crippen LogP contribution in [0.25, 0.3) is 21.8 Å². The molecule has 3 rings (SSSR count). The fraction of sp³-hybridized carbons (Fsp3) is 0. The Balaban J connectivity index is 0.000000750. The van der Waals surface area contributed by atoms with Crippen molar-refractivity contribution < 1.29 is 22.4 Å². The first-order valence-electron chi connectivity index (χ1n) is 4.40. The smallest absolute Gasteiger partial charge is 0.0464 e. The van der Waals surface area contributed by atoms with Crippen LogP contribution in [-0.2, 0) is 22.4 Å². The monoisotopic (exact) mass is 274 g/mol. The first kappa shape index (κ1) is 9.53. The molecule has 14 heavy (non-hydrogen) atoms. The second-order valence-electron chi connectivity index (χ2n) is 3.22. The molecule has 73 valence electrons. The van der Waals surface area contributed by atoms with E-state index in [1.165, 1.54) is 21.8 Å². The van der Waals surface area contributed by atoms with Gasteiger partial charge >= 0.3 is 0 Å². The number of rotatable bonds is 0. The molecule has 3 aromatic rings. The molecule has 1 aromatic heterocycles. The van der Waals surface area contributed by atoms with Gasteiger partial charge in [0.2, 0.25) is 0 Å². The van der Waals surface area contributed by atoms with E-state index in [2.05, 4.69) is 53.5 Å². The van der Waals surface area contributed by atoms with Crippen LogP contribution in [0.15, 0.2) is 48.5 Å². The second kappa shape index (κ2) is 3.62. The normalized spacial score (nSPS) is 10.3. The Hall–Kier alpha value is -1.02. The molecule has 0 bridgehead atoms. The summed E-state index contributed by atoms with van der Waals surface area (Å²) >= 11 is 0. The molecule has 0 aliphatic carbocycles. The van der Waals surface area contributed by atoms with Crippen molar-refractivity contribution >= 4 is 21.8 Å². The van der Waals surface area contributed by atoms with Gasteiger partial charge in [0, 0.05) is 44.2 Å². The Labute approximate surface area is 97.6 Å². The number of para-hydroxylation sites is 2. The van der Waals surface area contributed by atoms with Crippen LogP contribution in [0.4, 0.5) is 0 Å². The standard InChI is InChI=1S/C12H9N.Ag/c1-3-7-11-9(5-1)10-6-2-4-8-12(10)13-11;/h1-8,13H;. The number of fused-ring (bicyclic) bond motifs is 3. The third kappa shape index (κ3) is 1.30. The molecule has 0 saturated carbocycles. The average Bonchev–Trinajstić information content (AvgIpc) is 2.56. The quantitative estimate of drug-likeness (QED) is 0.606. The average molecular weight is 275 g/mol. The molecule has 0 fully saturated rings. The van der Waals surface area contributed by atoms with Gasteiger partial charge in [0.15, 0.2) is 0 Å². The molecule has 0 amide bonds. The van der Waals surface area contributed by atoms with E-state index in [4.69, 9.17) is 0 Å². The maximum absolute atomic E-state index is 3.38. The van der Waals surface area contributed by atoms with Crippen molar-refractivity contribution in [2.24, 2.45) is 0 Å². The summed E-state index contributed by atoms with van der Waals surface area (Å²) < 4.78 is 0. The molecule has 0 aliphatic heterocycles. The zero-order valence-electron chi connectivity index (χ0n) is 7.42. The van der Waals surface area contributed by atoms with Crippen molar-refractivity contribution in [3.8, 4) is 0 Å². The topological polar surface area (TPSA) is 15.8 Å². The van der Waals surface area contributed by atoms with Crippen LogP contribution in [0.5, 0.6) is 0 Å². The number of nitrogens with one attached hydrogen (secondary N) is 1. The van der Waals surface area contributed by atoms with Crippen molar-refractivity contribution in [3.63, 3.8) is 0 Å². The molecule has 0 unspecified atom stereocenters. The Morgan fingerprint density at radius 3 is 1.57 bits per heavy atom. The number of hydrogen-bond acceptors (Lipinski definition) is 0. The van der Waals surface area contributed by atoms with E-state index >= 15 is 0 Å². The van der Waals surface area contributed by atoms with E-state index in [0.29, 0.717) is 0 Å². The van der Waals surface area contributed by atoms with Crippen molar-refractivity contribution in [1.82, 2.24) is 4.98 Å². The predicted molar refractivity (Wildman–Crippen MR) is 55.8 cm³/mol. The van der Waals surface area contributed by atoms with E-state index in [9.17, 15) is 0 Å². The molecule has 1 heterocycles. The van der Waals surface area contributed by atoms with Crippen LogP contribution in [0.2, 0.25) is 0 Å². The molecule has 2 aromatic carbocycles. The minimum absolute atomic E-state index is 0. The maximum Gasteiger partial charge on any atom is 0.0464 e. The van der Waals surface area contributed by atoms with Gasteiger partial charge in [0.05, 0.1) is 0 Å². The summed E-state index contributed by atoms with van der Waals surface area (Å²) in [4.78, 5) is 3.38. The van der Waals surface area contributed by atoms with E-state index in [1.807, 2.05) is 0 Å². The van der Waals surface area contributed by atoms with Gasteiger partial charge in [-0.15, -0.1) is 0 Å². The Bertz CT molecular complexity index is 518. The van der Waals surface area contributed by atoms with Gasteiger partial charge in [-0.05, 0) is 12.1 Å². The van der Waals surface area contributed by atoms with Crippen molar-refractivity contribution in [2.75, 3.05) is 0 Å². The van der Waals surface area contributed by atoms with E-state index < -0.39 is 0 Å². The second-order valence-corrected chi connectivity index (χ2v) is 3.22. The zero-order valence-corrected chi connectivity index (χ0v) is 8.90. The van der Waals surface area contributed by atoms with Crippen LogP contribution in [-0.4, -0.2) is 4.98 Å². The summed E-state index contributed by atoms with van der Waals surface area (Å²) in [5, 5.41) is 2.61. The van der Waals surface area contributed by atoms with Gasteiger partial charge in [0.1, 0.15) is 0 Å². The number of hydrogen-bond donors (Lipinski definition) is 1. The maximum atomic E-state index is 3.38. The third-order valence-electron chi connectivity index (χ3n) is 2.41. The molecule has 1 nitrogen and oxygen atoms in total. The zero-order chi connectivity index (χ0) is 8.67. The van der Waals surface area contributed by atoms with Crippen LogP contribution in [0.1, 0.15) is 0 Å². The molecule has 0 saturated heterocycles. The molecular weight excluding hydrogens is 266 g/mol. The molecule has 1 N–H and O–H groups in total. The Kier molecular flexibility index (Phi) is 2.46. The fourth-order valence-electron chi connectivity index (χ4n) is 1.80. The summed E-state index contributed by atoms with van der Waals surface area (Å²) in [6, 6.07) is 16.8. The molecule has 2 heteroatoms. The van der Waals surface area contributed by atoms with Gasteiger partial charge in [-0.25, -0.2) is 0 Å². The van der Waals surface area contributed by atoms with Crippen molar-refractivity contribution in [2.45, 2.75) is 0 Å². The minimum atomic E-state index is 0. The van der Waals surface area contributed by atoms with Gasteiger partial charge in [-0.1, -0.05) is 36.4 Å². The number of aromatic amines is 1. The van der Waals surface area contributed by atoms with Crippen molar-refractivity contribution in [3.05, 3.63) is 48.5 Å². The van der Waals surface area contributed by atoms with E-state index in [-0.39, 0.29) is 22.4 Å². The van der Waals surface area contributed by atoms with Crippen LogP contribution < -0.4 is 0 Å².